The summed E-state index contributed by atoms with van der Waals surface area (Å²) < 4.78 is 1.99. The molecule has 2 saturated heterocycles. The highest BCUT2D eigenvalue weighted by molar-refractivity contribution is 5.95. The van der Waals surface area contributed by atoms with Crippen molar-refractivity contribution >= 4 is 23.1 Å². The minimum Gasteiger partial charge on any atom is -0.354 e. The lowest BCUT2D eigenvalue weighted by molar-refractivity contribution is 0.0746. The van der Waals surface area contributed by atoms with Gasteiger partial charge in [0.1, 0.15) is 17.5 Å². The van der Waals surface area contributed by atoms with E-state index in [9.17, 15) is 4.79 Å². The van der Waals surface area contributed by atoms with E-state index in [1.54, 1.807) is 0 Å². The van der Waals surface area contributed by atoms with Crippen LogP contribution >= 0.6 is 0 Å². The van der Waals surface area contributed by atoms with Crippen molar-refractivity contribution in [3.05, 3.63) is 54.1 Å². The number of rotatable bonds is 3. The highest BCUT2D eigenvalue weighted by atomic mass is 16.2. The number of fused-ring (bicyclic) bond motifs is 1. The van der Waals surface area contributed by atoms with Gasteiger partial charge >= 0.3 is 0 Å². The predicted molar refractivity (Wildman–Crippen MR) is 122 cm³/mol. The minimum absolute atomic E-state index is 0.0975. The number of anilines is 2. The van der Waals surface area contributed by atoms with E-state index in [2.05, 4.69) is 32.8 Å². The van der Waals surface area contributed by atoms with Crippen molar-refractivity contribution in [3.63, 3.8) is 0 Å². The number of likely N-dealkylation sites (N-methyl/N-ethyl adjacent to an activating group) is 1. The lowest BCUT2D eigenvalue weighted by Gasteiger charge is -2.36. The van der Waals surface area contributed by atoms with Crippen molar-refractivity contribution in [2.45, 2.75) is 6.92 Å². The van der Waals surface area contributed by atoms with Gasteiger partial charge < -0.3 is 24.0 Å². The summed E-state index contributed by atoms with van der Waals surface area (Å²) in [6, 6.07) is 10.0. The standard InChI is InChI=1S/C23H29N7O/c1-18-24-21(27-9-7-26(2)8-10-27)16-22(25-18)28-11-13-29(14-12-28)23(31)19-15-20-5-3-4-6-30(20)17-19/h3-6,15-17H,7-14H2,1-2H3. The second-order valence-electron chi connectivity index (χ2n) is 8.46. The summed E-state index contributed by atoms with van der Waals surface area (Å²) in [5.74, 6) is 2.86. The van der Waals surface area contributed by atoms with Crippen LogP contribution in [0.2, 0.25) is 0 Å². The number of nitrogens with zero attached hydrogens (tertiary/aromatic N) is 7. The molecular weight excluding hydrogens is 390 g/mol. The van der Waals surface area contributed by atoms with Crippen LogP contribution in [-0.2, 0) is 0 Å². The third-order valence-electron chi connectivity index (χ3n) is 6.28. The van der Waals surface area contributed by atoms with E-state index in [0.717, 1.165) is 67.8 Å². The van der Waals surface area contributed by atoms with Crippen LogP contribution in [0, 0.1) is 6.92 Å². The maximum atomic E-state index is 13.0. The largest absolute Gasteiger partial charge is 0.354 e. The first kappa shape index (κ1) is 19.8. The minimum atomic E-state index is 0.0975. The second kappa shape index (κ2) is 8.19. The first-order chi connectivity index (χ1) is 15.1. The van der Waals surface area contributed by atoms with Crippen LogP contribution in [0.1, 0.15) is 16.2 Å². The molecule has 0 unspecified atom stereocenters. The maximum Gasteiger partial charge on any atom is 0.255 e. The van der Waals surface area contributed by atoms with Gasteiger partial charge in [0.2, 0.25) is 0 Å². The maximum absolute atomic E-state index is 13.0. The summed E-state index contributed by atoms with van der Waals surface area (Å²) in [5, 5.41) is 0. The molecule has 1 amide bonds. The van der Waals surface area contributed by atoms with Gasteiger partial charge in [-0.25, -0.2) is 9.97 Å². The molecule has 8 heteroatoms. The SMILES string of the molecule is Cc1nc(N2CCN(C)CC2)cc(N2CCN(C(=O)c3cc4ccccn4c3)CC2)n1. The Balaban J connectivity index is 1.26. The molecule has 3 aromatic heterocycles. The average molecular weight is 420 g/mol. The summed E-state index contributed by atoms with van der Waals surface area (Å²) in [4.78, 5) is 31.3. The molecule has 31 heavy (non-hydrogen) atoms. The van der Waals surface area contributed by atoms with Crippen molar-refractivity contribution in [2.75, 3.05) is 69.2 Å². The van der Waals surface area contributed by atoms with Gasteiger partial charge in [-0.3, -0.25) is 4.79 Å². The van der Waals surface area contributed by atoms with E-state index in [1.165, 1.54) is 0 Å². The lowest BCUT2D eigenvalue weighted by Crippen LogP contribution is -2.49. The van der Waals surface area contributed by atoms with Crippen LogP contribution in [0.3, 0.4) is 0 Å². The number of hydrogen-bond acceptors (Lipinski definition) is 6. The molecule has 0 spiro atoms. The lowest BCUT2D eigenvalue weighted by atomic mass is 10.2. The number of hydrogen-bond donors (Lipinski definition) is 0. The summed E-state index contributed by atoms with van der Waals surface area (Å²) in [7, 11) is 2.16. The Hall–Kier alpha value is -3.13. The van der Waals surface area contributed by atoms with Crippen molar-refractivity contribution < 1.29 is 4.79 Å². The van der Waals surface area contributed by atoms with Gasteiger partial charge in [-0.15, -0.1) is 0 Å². The molecule has 162 valence electrons. The zero-order valence-corrected chi connectivity index (χ0v) is 18.2. The molecule has 0 aromatic carbocycles. The molecule has 2 aliphatic heterocycles. The van der Waals surface area contributed by atoms with E-state index in [0.29, 0.717) is 13.1 Å². The van der Waals surface area contributed by atoms with Gasteiger partial charge in [0, 0.05) is 76.3 Å². The molecule has 8 nitrogen and oxygen atoms in total. The number of piperazine rings is 2. The molecular formula is C23H29N7O. The first-order valence-electron chi connectivity index (χ1n) is 11.0. The van der Waals surface area contributed by atoms with Crippen LogP contribution in [0.4, 0.5) is 11.6 Å². The van der Waals surface area contributed by atoms with Gasteiger partial charge in [0.15, 0.2) is 0 Å². The quantitative estimate of drug-likeness (QED) is 0.645. The Labute approximate surface area is 182 Å². The van der Waals surface area contributed by atoms with E-state index < -0.39 is 0 Å². The molecule has 2 fully saturated rings. The Bertz CT molecular complexity index is 1050. The van der Waals surface area contributed by atoms with Gasteiger partial charge in [0.05, 0.1) is 5.56 Å². The van der Waals surface area contributed by atoms with Gasteiger partial charge in [-0.05, 0) is 32.2 Å². The molecule has 0 N–H and O–H groups in total. The fraction of sp³-hybridized carbons (Fsp3) is 0.435. The summed E-state index contributed by atoms with van der Waals surface area (Å²) in [6.07, 6.45) is 3.89. The predicted octanol–water partition coefficient (Wildman–Crippen LogP) is 1.75. The molecule has 3 aromatic rings. The number of amides is 1. The van der Waals surface area contributed by atoms with E-state index in [-0.39, 0.29) is 5.91 Å². The fourth-order valence-corrected chi connectivity index (χ4v) is 4.39. The summed E-state index contributed by atoms with van der Waals surface area (Å²) >= 11 is 0. The zero-order chi connectivity index (χ0) is 21.4. The average Bonchev–Trinajstić information content (AvgIpc) is 3.23. The summed E-state index contributed by atoms with van der Waals surface area (Å²) in [6.45, 7) is 8.97. The Morgan fingerprint density at radius 3 is 2.16 bits per heavy atom. The number of aryl methyl sites for hydroxylation is 1. The van der Waals surface area contributed by atoms with E-state index in [1.807, 2.05) is 52.9 Å². The molecule has 5 rings (SSSR count). The molecule has 0 radical (unpaired) electrons. The van der Waals surface area contributed by atoms with Crippen LogP contribution in [0.25, 0.3) is 5.52 Å². The van der Waals surface area contributed by atoms with Crippen molar-refractivity contribution in [1.82, 2.24) is 24.2 Å². The number of carbonyl (C=O) groups excluding carboxylic acids is 1. The number of pyridine rings is 1. The van der Waals surface area contributed by atoms with Gasteiger partial charge in [0.25, 0.3) is 5.91 Å². The molecule has 0 atom stereocenters. The second-order valence-corrected chi connectivity index (χ2v) is 8.46. The van der Waals surface area contributed by atoms with Gasteiger partial charge in [-0.1, -0.05) is 6.07 Å². The topological polar surface area (TPSA) is 60.2 Å². The van der Waals surface area contributed by atoms with Crippen molar-refractivity contribution in [2.24, 2.45) is 0 Å². The third-order valence-corrected chi connectivity index (χ3v) is 6.28. The molecule has 2 aliphatic rings. The van der Waals surface area contributed by atoms with Crippen molar-refractivity contribution in [3.8, 4) is 0 Å². The van der Waals surface area contributed by atoms with Crippen LogP contribution in [-0.4, -0.2) is 89.5 Å². The van der Waals surface area contributed by atoms with Gasteiger partial charge in [-0.2, -0.15) is 0 Å². The van der Waals surface area contributed by atoms with Crippen LogP contribution in [0.5, 0.6) is 0 Å². The molecule has 5 heterocycles. The van der Waals surface area contributed by atoms with E-state index >= 15 is 0 Å². The Morgan fingerprint density at radius 1 is 0.871 bits per heavy atom. The highest BCUT2D eigenvalue weighted by Crippen LogP contribution is 2.22. The summed E-state index contributed by atoms with van der Waals surface area (Å²) in [5.41, 5.74) is 1.78. The highest BCUT2D eigenvalue weighted by Gasteiger charge is 2.25. The number of aromatic nitrogens is 3. The monoisotopic (exact) mass is 419 g/mol. The molecule has 0 bridgehead atoms. The Morgan fingerprint density at radius 2 is 1.52 bits per heavy atom. The molecule has 0 saturated carbocycles. The van der Waals surface area contributed by atoms with Crippen LogP contribution in [0.15, 0.2) is 42.7 Å². The first-order valence-corrected chi connectivity index (χ1v) is 11.0. The normalized spacial score (nSPS) is 18.1. The van der Waals surface area contributed by atoms with Crippen molar-refractivity contribution in [1.29, 1.82) is 0 Å². The number of carbonyl (C=O) groups is 1. The smallest absolute Gasteiger partial charge is 0.255 e. The third kappa shape index (κ3) is 4.07. The fourth-order valence-electron chi connectivity index (χ4n) is 4.39. The molecule has 0 aliphatic carbocycles. The van der Waals surface area contributed by atoms with E-state index in [4.69, 9.17) is 4.98 Å². The zero-order valence-electron chi connectivity index (χ0n) is 18.2. The van der Waals surface area contributed by atoms with Crippen LogP contribution < -0.4 is 9.80 Å². The Kier molecular flexibility index (Phi) is 5.23.